The molecular formula is C22H36IN5O. The Morgan fingerprint density at radius 3 is 2.41 bits per heavy atom. The van der Waals surface area contributed by atoms with Crippen LogP contribution in [0.25, 0.3) is 0 Å². The fraction of sp³-hybridized carbons (Fsp3) is 0.545. The molecule has 0 aliphatic rings. The van der Waals surface area contributed by atoms with E-state index in [0.717, 1.165) is 55.3 Å². The molecule has 0 aliphatic heterocycles. The van der Waals surface area contributed by atoms with Crippen molar-refractivity contribution in [1.29, 1.82) is 0 Å². The summed E-state index contributed by atoms with van der Waals surface area (Å²) in [5.74, 6) is 1.76. The lowest BCUT2D eigenvalue weighted by molar-refractivity contribution is 0.290. The lowest BCUT2D eigenvalue weighted by Crippen LogP contribution is -2.46. The van der Waals surface area contributed by atoms with Gasteiger partial charge in [0.15, 0.2) is 5.96 Å². The van der Waals surface area contributed by atoms with E-state index >= 15 is 0 Å². The third-order valence-electron chi connectivity index (χ3n) is 4.90. The van der Waals surface area contributed by atoms with Crippen LogP contribution in [-0.4, -0.2) is 49.2 Å². The molecule has 1 atom stereocenters. The van der Waals surface area contributed by atoms with Crippen LogP contribution in [0.3, 0.4) is 0 Å². The number of nitrogens with zero attached hydrogens (tertiary/aromatic N) is 3. The average molecular weight is 513 g/mol. The highest BCUT2D eigenvalue weighted by Crippen LogP contribution is 2.16. The van der Waals surface area contributed by atoms with Crippen LogP contribution < -0.4 is 10.6 Å². The first-order valence-electron chi connectivity index (χ1n) is 10.3. The van der Waals surface area contributed by atoms with Gasteiger partial charge in [0.25, 0.3) is 0 Å². The number of aliphatic imine (C=N–C) groups is 1. The van der Waals surface area contributed by atoms with E-state index in [9.17, 15) is 0 Å². The Balaban J connectivity index is 0.00000420. The van der Waals surface area contributed by atoms with Gasteiger partial charge in [-0.1, -0.05) is 49.3 Å². The second kappa shape index (κ2) is 13.6. The molecule has 2 N–H and O–H groups in total. The summed E-state index contributed by atoms with van der Waals surface area (Å²) in [5.41, 5.74) is 3.47. The number of guanidine groups is 1. The van der Waals surface area contributed by atoms with Gasteiger partial charge in [-0.2, -0.15) is 0 Å². The molecule has 0 amide bonds. The molecule has 0 aliphatic carbocycles. The van der Waals surface area contributed by atoms with Crippen LogP contribution in [0.5, 0.6) is 0 Å². The number of aryl methyl sites for hydroxylation is 2. The Labute approximate surface area is 192 Å². The third-order valence-corrected chi connectivity index (χ3v) is 4.90. The average Bonchev–Trinajstić information content (AvgIpc) is 3.11. The molecule has 0 saturated carbocycles. The largest absolute Gasteiger partial charge is 0.361 e. The van der Waals surface area contributed by atoms with Crippen molar-refractivity contribution in [3.63, 3.8) is 0 Å². The van der Waals surface area contributed by atoms with Gasteiger partial charge in [-0.25, -0.2) is 4.99 Å². The molecule has 0 radical (unpaired) electrons. The summed E-state index contributed by atoms with van der Waals surface area (Å²) in [6, 6.07) is 11.0. The summed E-state index contributed by atoms with van der Waals surface area (Å²) in [7, 11) is 4.25. The number of aromatic nitrogens is 1. The maximum atomic E-state index is 5.46. The summed E-state index contributed by atoms with van der Waals surface area (Å²) in [5, 5.41) is 11.0. The molecule has 1 aromatic heterocycles. The normalized spacial score (nSPS) is 12.6. The van der Waals surface area contributed by atoms with Gasteiger partial charge in [-0.3, -0.25) is 0 Å². The van der Waals surface area contributed by atoms with Crippen molar-refractivity contribution in [2.75, 3.05) is 27.2 Å². The van der Waals surface area contributed by atoms with E-state index in [1.165, 1.54) is 5.56 Å². The first kappa shape index (κ1) is 25.4. The van der Waals surface area contributed by atoms with Crippen LogP contribution in [0.4, 0.5) is 0 Å². The molecular weight excluding hydrogens is 477 g/mol. The van der Waals surface area contributed by atoms with E-state index in [-0.39, 0.29) is 24.0 Å². The minimum Gasteiger partial charge on any atom is -0.361 e. The highest BCUT2D eigenvalue weighted by atomic mass is 127. The number of halogens is 1. The van der Waals surface area contributed by atoms with Crippen molar-refractivity contribution in [2.24, 2.45) is 4.99 Å². The van der Waals surface area contributed by atoms with Gasteiger partial charge in [-0.15, -0.1) is 24.0 Å². The van der Waals surface area contributed by atoms with Crippen LogP contribution in [0.15, 0.2) is 39.8 Å². The first-order valence-corrected chi connectivity index (χ1v) is 10.3. The van der Waals surface area contributed by atoms with E-state index < -0.39 is 0 Å². The molecule has 29 heavy (non-hydrogen) atoms. The van der Waals surface area contributed by atoms with Crippen LogP contribution in [0, 0.1) is 0 Å². The second-order valence-electron chi connectivity index (χ2n) is 7.12. The predicted molar refractivity (Wildman–Crippen MR) is 131 cm³/mol. The zero-order valence-electron chi connectivity index (χ0n) is 18.4. The fourth-order valence-electron chi connectivity index (χ4n) is 3.15. The molecule has 0 bridgehead atoms. The minimum absolute atomic E-state index is 0. The van der Waals surface area contributed by atoms with E-state index in [0.29, 0.717) is 12.6 Å². The van der Waals surface area contributed by atoms with E-state index in [1.807, 2.05) is 0 Å². The van der Waals surface area contributed by atoms with Crippen molar-refractivity contribution >= 4 is 29.9 Å². The van der Waals surface area contributed by atoms with Gasteiger partial charge in [0, 0.05) is 31.1 Å². The SMILES string of the molecule is CCNC(=NCc1c(CC)noc1CC)NCC(Cc1ccccc1)N(C)C.I. The molecule has 0 saturated heterocycles. The van der Waals surface area contributed by atoms with E-state index in [4.69, 9.17) is 9.52 Å². The minimum atomic E-state index is 0. The lowest BCUT2D eigenvalue weighted by atomic mass is 10.1. The summed E-state index contributed by atoms with van der Waals surface area (Å²) in [4.78, 5) is 7.05. The molecule has 7 heteroatoms. The Kier molecular flexibility index (Phi) is 11.9. The van der Waals surface area contributed by atoms with Crippen molar-refractivity contribution in [2.45, 2.75) is 52.6 Å². The standard InChI is InChI=1S/C22H35N5O.HI/c1-6-20-19(21(7-2)28-26-20)16-25-22(23-8-3)24-15-18(27(4)5)14-17-12-10-9-11-13-17;/h9-13,18H,6-8,14-16H2,1-5H3,(H2,23,24,25);1H. The molecule has 0 spiro atoms. The maximum absolute atomic E-state index is 5.46. The monoisotopic (exact) mass is 513 g/mol. The second-order valence-corrected chi connectivity index (χ2v) is 7.12. The van der Waals surface area contributed by atoms with Crippen molar-refractivity contribution in [3.05, 3.63) is 52.9 Å². The summed E-state index contributed by atoms with van der Waals surface area (Å²) >= 11 is 0. The van der Waals surface area contributed by atoms with Crippen molar-refractivity contribution in [3.8, 4) is 0 Å². The van der Waals surface area contributed by atoms with Crippen LogP contribution in [0.1, 0.15) is 43.4 Å². The van der Waals surface area contributed by atoms with Gasteiger partial charge >= 0.3 is 0 Å². The van der Waals surface area contributed by atoms with Gasteiger partial charge < -0.3 is 20.1 Å². The Bertz CT molecular complexity index is 709. The number of hydrogen-bond acceptors (Lipinski definition) is 4. The smallest absolute Gasteiger partial charge is 0.191 e. The third kappa shape index (κ3) is 7.97. The Morgan fingerprint density at radius 2 is 1.83 bits per heavy atom. The molecule has 2 aromatic rings. The molecule has 1 heterocycles. The number of hydrogen-bond donors (Lipinski definition) is 2. The van der Waals surface area contributed by atoms with Crippen molar-refractivity contribution in [1.82, 2.24) is 20.7 Å². The van der Waals surface area contributed by atoms with Gasteiger partial charge in [-0.05, 0) is 39.4 Å². The molecule has 162 valence electrons. The fourth-order valence-corrected chi connectivity index (χ4v) is 3.15. The zero-order chi connectivity index (χ0) is 20.4. The number of nitrogens with one attached hydrogen (secondary N) is 2. The summed E-state index contributed by atoms with van der Waals surface area (Å²) < 4.78 is 5.46. The van der Waals surface area contributed by atoms with Gasteiger partial charge in [0.2, 0.25) is 0 Å². The maximum Gasteiger partial charge on any atom is 0.191 e. The Morgan fingerprint density at radius 1 is 1.10 bits per heavy atom. The molecule has 1 unspecified atom stereocenters. The number of rotatable bonds is 10. The highest BCUT2D eigenvalue weighted by Gasteiger charge is 2.15. The quantitative estimate of drug-likeness (QED) is 0.289. The number of likely N-dealkylation sites (N-methyl/N-ethyl adjacent to an activating group) is 1. The topological polar surface area (TPSA) is 65.7 Å². The summed E-state index contributed by atoms with van der Waals surface area (Å²) in [6.45, 7) is 8.48. The van der Waals surface area contributed by atoms with Crippen LogP contribution in [-0.2, 0) is 25.8 Å². The molecule has 0 fully saturated rings. The molecule has 2 rings (SSSR count). The van der Waals surface area contributed by atoms with E-state index in [1.54, 1.807) is 0 Å². The zero-order valence-corrected chi connectivity index (χ0v) is 20.7. The number of benzene rings is 1. The molecule has 6 nitrogen and oxygen atoms in total. The van der Waals surface area contributed by atoms with Crippen LogP contribution >= 0.6 is 24.0 Å². The molecule has 1 aromatic carbocycles. The first-order chi connectivity index (χ1) is 13.6. The highest BCUT2D eigenvalue weighted by molar-refractivity contribution is 14.0. The van der Waals surface area contributed by atoms with Gasteiger partial charge in [0.1, 0.15) is 5.76 Å². The van der Waals surface area contributed by atoms with Gasteiger partial charge in [0.05, 0.1) is 12.2 Å². The lowest BCUT2D eigenvalue weighted by Gasteiger charge is -2.25. The van der Waals surface area contributed by atoms with E-state index in [2.05, 4.69) is 85.9 Å². The summed E-state index contributed by atoms with van der Waals surface area (Å²) in [6.07, 6.45) is 2.69. The van der Waals surface area contributed by atoms with Crippen LogP contribution in [0.2, 0.25) is 0 Å². The Hall–Kier alpha value is -1.61. The van der Waals surface area contributed by atoms with Crippen molar-refractivity contribution < 1.29 is 4.52 Å². The predicted octanol–water partition coefficient (Wildman–Crippen LogP) is 3.65.